The predicted octanol–water partition coefficient (Wildman–Crippen LogP) is 4.67. The van der Waals surface area contributed by atoms with E-state index in [0.29, 0.717) is 17.3 Å². The molecule has 0 N–H and O–H groups in total. The number of aryl methyl sites for hydroxylation is 1. The maximum Gasteiger partial charge on any atom is 0.181 e. The molecule has 6 heteroatoms. The third-order valence-corrected chi connectivity index (χ3v) is 4.67. The van der Waals surface area contributed by atoms with E-state index < -0.39 is 0 Å². The second-order valence-electron chi connectivity index (χ2n) is 6.28. The van der Waals surface area contributed by atoms with E-state index in [1.807, 2.05) is 30.5 Å². The Bertz CT molecular complexity index is 1120. The van der Waals surface area contributed by atoms with Crippen LogP contribution in [0.15, 0.2) is 42.2 Å². The fraction of sp³-hybridized carbons (Fsp3) is 0.238. The molecule has 3 heterocycles. The zero-order chi connectivity index (χ0) is 19.6. The monoisotopic (exact) mass is 380 g/mol. The molecule has 0 aliphatic carbocycles. The summed E-state index contributed by atoms with van der Waals surface area (Å²) in [4.78, 5) is 25.2. The maximum atomic E-state index is 12.2. The molecule has 0 atom stereocenters. The summed E-state index contributed by atoms with van der Waals surface area (Å²) >= 11 is 6.07. The molecule has 0 aromatic carbocycles. The highest BCUT2D eigenvalue weighted by atomic mass is 35.5. The number of Topliss-reactive ketones (excluding diaryl/α,β-unsaturated/α-hetero) is 1. The Kier molecular flexibility index (Phi) is 5.51. The fourth-order valence-corrected chi connectivity index (χ4v) is 3.32. The average Bonchev–Trinajstić information content (AvgIpc) is 2.66. The third kappa shape index (κ3) is 3.55. The lowest BCUT2D eigenvalue weighted by atomic mass is 10.0. The van der Waals surface area contributed by atoms with Crippen LogP contribution < -0.4 is 5.49 Å². The van der Waals surface area contributed by atoms with Gasteiger partial charge in [-0.25, -0.2) is 4.98 Å². The Balaban J connectivity index is 2.27. The topological polar surface area (TPSA) is 60.1 Å². The summed E-state index contributed by atoms with van der Waals surface area (Å²) in [7, 11) is 1.73. The molecule has 5 nitrogen and oxygen atoms in total. The summed E-state index contributed by atoms with van der Waals surface area (Å²) < 4.78 is 1.88. The largest absolute Gasteiger partial charge is 0.301 e. The first-order valence-electron chi connectivity index (χ1n) is 8.76. The molecule has 0 unspecified atom stereocenters. The van der Waals surface area contributed by atoms with Crippen molar-refractivity contribution in [2.75, 3.05) is 7.05 Å². The van der Waals surface area contributed by atoms with Crippen LogP contribution in [0.5, 0.6) is 0 Å². The van der Waals surface area contributed by atoms with E-state index >= 15 is 0 Å². The molecule has 0 fully saturated rings. The van der Waals surface area contributed by atoms with Gasteiger partial charge < -0.3 is 4.57 Å². The van der Waals surface area contributed by atoms with E-state index in [0.717, 1.165) is 39.5 Å². The van der Waals surface area contributed by atoms with Crippen LogP contribution in [-0.4, -0.2) is 27.4 Å². The van der Waals surface area contributed by atoms with E-state index in [4.69, 9.17) is 11.6 Å². The molecular weight excluding hydrogens is 360 g/mol. The number of rotatable bonds is 5. The van der Waals surface area contributed by atoms with Crippen molar-refractivity contribution in [3.63, 3.8) is 0 Å². The van der Waals surface area contributed by atoms with E-state index in [9.17, 15) is 4.79 Å². The van der Waals surface area contributed by atoms with Crippen molar-refractivity contribution in [1.29, 1.82) is 0 Å². The molecule has 3 aromatic rings. The number of aromatic nitrogens is 3. The van der Waals surface area contributed by atoms with Crippen molar-refractivity contribution >= 4 is 34.5 Å². The van der Waals surface area contributed by atoms with E-state index in [1.54, 1.807) is 31.7 Å². The number of halogens is 1. The van der Waals surface area contributed by atoms with Crippen molar-refractivity contribution in [1.82, 2.24) is 14.5 Å². The van der Waals surface area contributed by atoms with Gasteiger partial charge in [0.25, 0.3) is 0 Å². The first-order chi connectivity index (χ1) is 13.0. The molecule has 0 spiro atoms. The lowest BCUT2D eigenvalue weighted by Gasteiger charge is -2.14. The highest BCUT2D eigenvalue weighted by molar-refractivity contribution is 6.30. The molecule has 27 heavy (non-hydrogen) atoms. The number of hydrogen-bond donors (Lipinski definition) is 0. The highest BCUT2D eigenvalue weighted by Crippen LogP contribution is 2.25. The zero-order valence-corrected chi connectivity index (χ0v) is 16.4. The minimum Gasteiger partial charge on any atom is -0.301 e. The van der Waals surface area contributed by atoms with Crippen LogP contribution in [0.1, 0.15) is 35.8 Å². The summed E-state index contributed by atoms with van der Waals surface area (Å²) in [6.07, 6.45) is 6.47. The Morgan fingerprint density at radius 3 is 2.67 bits per heavy atom. The van der Waals surface area contributed by atoms with Crippen molar-refractivity contribution in [2.45, 2.75) is 26.7 Å². The summed E-state index contributed by atoms with van der Waals surface area (Å²) in [6, 6.07) is 5.64. The predicted molar refractivity (Wildman–Crippen MR) is 110 cm³/mol. The van der Waals surface area contributed by atoms with Crippen molar-refractivity contribution in [3.8, 4) is 11.1 Å². The Labute approximate surface area is 163 Å². The normalized spacial score (nSPS) is 11.8. The zero-order valence-electron chi connectivity index (χ0n) is 15.7. The summed E-state index contributed by atoms with van der Waals surface area (Å²) in [5.74, 6) is 0.0612. The van der Waals surface area contributed by atoms with Crippen LogP contribution in [-0.2, 0) is 0 Å². The lowest BCUT2D eigenvalue weighted by Crippen LogP contribution is -2.20. The van der Waals surface area contributed by atoms with Crippen LogP contribution >= 0.6 is 11.6 Å². The third-order valence-electron chi connectivity index (χ3n) is 4.47. The molecule has 0 amide bonds. The summed E-state index contributed by atoms with van der Waals surface area (Å²) in [5.41, 5.74) is 4.88. The number of carbonyl (C=O) groups is 1. The summed E-state index contributed by atoms with van der Waals surface area (Å²) in [5, 5.41) is 1.32. The van der Waals surface area contributed by atoms with Gasteiger partial charge in [-0.3, -0.25) is 14.8 Å². The Morgan fingerprint density at radius 1 is 1.26 bits per heavy atom. The van der Waals surface area contributed by atoms with Gasteiger partial charge >= 0.3 is 0 Å². The SMILES string of the molecule is C=Cn1c(=NC)c(-c2cnc(C(=O)CCC)cc2C)cc2cnc(Cl)cc21. The molecule has 3 rings (SSSR count). The van der Waals surface area contributed by atoms with Gasteiger partial charge in [0.2, 0.25) is 0 Å². The van der Waals surface area contributed by atoms with Crippen LogP contribution in [0.25, 0.3) is 28.2 Å². The van der Waals surface area contributed by atoms with Crippen molar-refractivity contribution in [2.24, 2.45) is 4.99 Å². The second-order valence-corrected chi connectivity index (χ2v) is 6.67. The molecular formula is C21H21ClN4O. The van der Waals surface area contributed by atoms with Gasteiger partial charge in [-0.05, 0) is 31.0 Å². The van der Waals surface area contributed by atoms with E-state index in [-0.39, 0.29) is 5.78 Å². The van der Waals surface area contributed by atoms with Crippen molar-refractivity contribution in [3.05, 3.63) is 59.1 Å². The first-order valence-corrected chi connectivity index (χ1v) is 9.14. The number of pyridine rings is 3. The second kappa shape index (κ2) is 7.84. The number of hydrogen-bond acceptors (Lipinski definition) is 4. The van der Waals surface area contributed by atoms with Crippen LogP contribution in [0.4, 0.5) is 0 Å². The van der Waals surface area contributed by atoms with Crippen LogP contribution in [0.2, 0.25) is 5.15 Å². The van der Waals surface area contributed by atoms with Gasteiger partial charge in [-0.2, -0.15) is 0 Å². The summed E-state index contributed by atoms with van der Waals surface area (Å²) in [6.45, 7) is 7.87. The molecule has 0 bridgehead atoms. The molecule has 3 aromatic heterocycles. The molecule has 0 saturated heterocycles. The fourth-order valence-electron chi connectivity index (χ4n) is 3.17. The number of ketones is 1. The standard InChI is InChI=1S/C21H21ClN4O/c1-5-7-19(27)17-8-13(3)16(12-24-17)15-9-14-11-25-20(22)10-18(14)26(6-2)21(15)23-4/h6,8-12H,2,5,7H2,1,3-4H3. The Morgan fingerprint density at radius 2 is 2.04 bits per heavy atom. The Hall–Kier alpha value is -2.79. The van der Waals surface area contributed by atoms with Gasteiger partial charge in [-0.1, -0.05) is 25.1 Å². The molecule has 0 aliphatic rings. The molecule has 0 aliphatic heterocycles. The van der Waals surface area contributed by atoms with Gasteiger partial charge in [0, 0.05) is 54.6 Å². The van der Waals surface area contributed by atoms with Crippen LogP contribution in [0.3, 0.4) is 0 Å². The van der Waals surface area contributed by atoms with E-state index in [1.165, 1.54) is 0 Å². The molecule has 0 saturated carbocycles. The quantitative estimate of drug-likeness (QED) is 0.477. The number of fused-ring (bicyclic) bond motifs is 1. The number of carbonyl (C=O) groups excluding carboxylic acids is 1. The lowest BCUT2D eigenvalue weighted by molar-refractivity contribution is 0.0977. The van der Waals surface area contributed by atoms with Gasteiger partial charge in [-0.15, -0.1) is 0 Å². The number of nitrogens with zero attached hydrogens (tertiary/aromatic N) is 4. The first kappa shape index (κ1) is 19.0. The maximum absolute atomic E-state index is 12.2. The van der Waals surface area contributed by atoms with Gasteiger partial charge in [0.05, 0.1) is 5.52 Å². The van der Waals surface area contributed by atoms with Crippen molar-refractivity contribution < 1.29 is 4.79 Å². The molecule has 0 radical (unpaired) electrons. The van der Waals surface area contributed by atoms with Crippen LogP contribution in [0, 0.1) is 6.92 Å². The minimum atomic E-state index is 0.0612. The smallest absolute Gasteiger partial charge is 0.181 e. The highest BCUT2D eigenvalue weighted by Gasteiger charge is 2.14. The average molecular weight is 381 g/mol. The minimum absolute atomic E-state index is 0.0612. The van der Waals surface area contributed by atoms with E-state index in [2.05, 4.69) is 21.5 Å². The molecule has 138 valence electrons. The van der Waals surface area contributed by atoms with Gasteiger partial charge in [0.15, 0.2) is 5.78 Å². The van der Waals surface area contributed by atoms with Gasteiger partial charge in [0.1, 0.15) is 16.3 Å².